The lowest BCUT2D eigenvalue weighted by Gasteiger charge is -2.12. The molecule has 0 bridgehead atoms. The first-order valence-electron chi connectivity index (χ1n) is 9.52. The van der Waals surface area contributed by atoms with E-state index in [1.165, 1.54) is 0 Å². The number of thiocarbonyl (C=S) groups is 1. The molecule has 0 heterocycles. The summed E-state index contributed by atoms with van der Waals surface area (Å²) in [5, 5.41) is 8.47. The monoisotopic (exact) mass is 413 g/mol. The average Bonchev–Trinajstić information content (AvgIpc) is 2.71. The van der Waals surface area contributed by atoms with Crippen LogP contribution in [0.15, 0.2) is 48.5 Å². The molecule has 3 N–H and O–H groups in total. The Bertz CT molecular complexity index is 851. The maximum Gasteiger partial charge on any atom is 0.257 e. The van der Waals surface area contributed by atoms with Crippen LogP contribution < -0.4 is 20.7 Å². The largest absolute Gasteiger partial charge is 0.493 e. The van der Waals surface area contributed by atoms with Crippen molar-refractivity contribution < 1.29 is 14.3 Å². The summed E-state index contributed by atoms with van der Waals surface area (Å²) < 4.78 is 5.66. The van der Waals surface area contributed by atoms with Crippen LogP contribution in [0.5, 0.6) is 5.75 Å². The molecule has 2 aromatic rings. The van der Waals surface area contributed by atoms with E-state index < -0.39 is 0 Å². The molecule has 0 fully saturated rings. The lowest BCUT2D eigenvalue weighted by Crippen LogP contribution is -2.34. The summed E-state index contributed by atoms with van der Waals surface area (Å²) in [7, 11) is 1.62. The Morgan fingerprint density at radius 2 is 1.83 bits per heavy atom. The molecule has 0 radical (unpaired) electrons. The number of nitrogens with one attached hydrogen (secondary N) is 3. The van der Waals surface area contributed by atoms with Crippen LogP contribution in [0.25, 0.3) is 0 Å². The summed E-state index contributed by atoms with van der Waals surface area (Å²) in [5.41, 5.74) is 2.28. The lowest BCUT2D eigenvalue weighted by atomic mass is 10.1. The quantitative estimate of drug-likeness (QED) is 0.577. The van der Waals surface area contributed by atoms with Crippen LogP contribution in [0.2, 0.25) is 0 Å². The predicted molar refractivity (Wildman–Crippen MR) is 119 cm³/mol. The Balaban J connectivity index is 1.87. The van der Waals surface area contributed by atoms with Gasteiger partial charge < -0.3 is 15.4 Å². The number of hydrogen-bond donors (Lipinski definition) is 3. The van der Waals surface area contributed by atoms with Crippen LogP contribution in [0.1, 0.15) is 36.2 Å². The molecular weight excluding hydrogens is 386 g/mol. The number of aryl methyl sites for hydroxylation is 1. The number of anilines is 1. The van der Waals surface area contributed by atoms with Crippen molar-refractivity contribution in [2.24, 2.45) is 5.92 Å². The average molecular weight is 414 g/mol. The van der Waals surface area contributed by atoms with E-state index in [0.717, 1.165) is 11.3 Å². The van der Waals surface area contributed by atoms with E-state index in [-0.39, 0.29) is 16.9 Å². The maximum absolute atomic E-state index is 12.4. The van der Waals surface area contributed by atoms with Crippen LogP contribution >= 0.6 is 12.2 Å². The third kappa shape index (κ3) is 7.91. The summed E-state index contributed by atoms with van der Waals surface area (Å²) in [4.78, 5) is 23.8. The smallest absolute Gasteiger partial charge is 0.257 e. The highest BCUT2D eigenvalue weighted by Gasteiger charge is 2.10. The van der Waals surface area contributed by atoms with E-state index in [9.17, 15) is 9.59 Å². The molecular formula is C22H27N3O3S. The maximum atomic E-state index is 12.4. The van der Waals surface area contributed by atoms with E-state index in [2.05, 4.69) is 29.8 Å². The highest BCUT2D eigenvalue weighted by atomic mass is 32.1. The molecule has 0 saturated heterocycles. The Hall–Kier alpha value is -2.93. The molecule has 0 spiro atoms. The molecule has 29 heavy (non-hydrogen) atoms. The van der Waals surface area contributed by atoms with Crippen molar-refractivity contribution in [2.45, 2.75) is 26.7 Å². The molecule has 7 heteroatoms. The van der Waals surface area contributed by atoms with Crippen molar-refractivity contribution in [3.63, 3.8) is 0 Å². The Morgan fingerprint density at radius 3 is 2.48 bits per heavy atom. The molecule has 2 amide bonds. The zero-order chi connectivity index (χ0) is 21.2. The Morgan fingerprint density at radius 1 is 1.10 bits per heavy atom. The minimum atomic E-state index is -0.306. The SMILES string of the molecule is CNC(=O)CCc1ccc(NC(=S)NC(=O)c2cccc(OCC(C)C)c2)cc1. The van der Waals surface area contributed by atoms with Crippen molar-refractivity contribution >= 4 is 34.8 Å². The Kier molecular flexibility index (Phi) is 8.61. The van der Waals surface area contributed by atoms with Gasteiger partial charge in [0.15, 0.2) is 5.11 Å². The van der Waals surface area contributed by atoms with Crippen molar-refractivity contribution in [3.8, 4) is 5.75 Å². The summed E-state index contributed by atoms with van der Waals surface area (Å²) >= 11 is 5.24. The molecule has 154 valence electrons. The van der Waals surface area contributed by atoms with Crippen LogP contribution in [0.4, 0.5) is 5.69 Å². The van der Waals surface area contributed by atoms with Crippen molar-refractivity contribution in [1.82, 2.24) is 10.6 Å². The van der Waals surface area contributed by atoms with Gasteiger partial charge in [0.05, 0.1) is 6.61 Å². The van der Waals surface area contributed by atoms with E-state index >= 15 is 0 Å². The number of rotatable bonds is 8. The topological polar surface area (TPSA) is 79.5 Å². The molecule has 6 nitrogen and oxygen atoms in total. The highest BCUT2D eigenvalue weighted by molar-refractivity contribution is 7.80. The third-order valence-corrected chi connectivity index (χ3v) is 4.24. The number of ether oxygens (including phenoxy) is 1. The van der Waals surface area contributed by atoms with Crippen LogP contribution in [-0.2, 0) is 11.2 Å². The number of hydrogen-bond acceptors (Lipinski definition) is 4. The fourth-order valence-corrected chi connectivity index (χ4v) is 2.68. The van der Waals surface area contributed by atoms with Crippen LogP contribution in [-0.4, -0.2) is 30.6 Å². The molecule has 0 atom stereocenters. The van der Waals surface area contributed by atoms with Gasteiger partial charge in [-0.05, 0) is 60.5 Å². The second-order valence-corrected chi connectivity index (χ2v) is 7.42. The van der Waals surface area contributed by atoms with Crippen LogP contribution in [0.3, 0.4) is 0 Å². The van der Waals surface area contributed by atoms with Crippen molar-refractivity contribution in [3.05, 3.63) is 59.7 Å². The number of carbonyl (C=O) groups excluding carboxylic acids is 2. The summed E-state index contributed by atoms with van der Waals surface area (Å²) in [6, 6.07) is 14.6. The molecule has 2 aromatic carbocycles. The normalized spacial score (nSPS) is 10.3. The van der Waals surface area contributed by atoms with Gasteiger partial charge in [-0.25, -0.2) is 0 Å². The molecule has 0 saturated carbocycles. The van der Waals surface area contributed by atoms with E-state index in [1.807, 2.05) is 30.3 Å². The van der Waals surface area contributed by atoms with Gasteiger partial charge in [-0.3, -0.25) is 14.9 Å². The zero-order valence-electron chi connectivity index (χ0n) is 17.0. The van der Waals surface area contributed by atoms with Gasteiger partial charge in [0.1, 0.15) is 5.75 Å². The fourth-order valence-electron chi connectivity index (χ4n) is 2.47. The van der Waals surface area contributed by atoms with E-state index in [4.69, 9.17) is 17.0 Å². The highest BCUT2D eigenvalue weighted by Crippen LogP contribution is 2.15. The summed E-state index contributed by atoms with van der Waals surface area (Å²) in [6.07, 6.45) is 1.11. The Labute approximate surface area is 177 Å². The van der Waals surface area contributed by atoms with E-state index in [1.54, 1.807) is 25.2 Å². The summed E-state index contributed by atoms with van der Waals surface area (Å²) in [6.45, 7) is 4.72. The first kappa shape index (κ1) is 22.4. The van der Waals surface area contributed by atoms with Crippen molar-refractivity contribution in [1.29, 1.82) is 0 Å². The van der Waals surface area contributed by atoms with Crippen LogP contribution in [0, 0.1) is 5.92 Å². The van der Waals surface area contributed by atoms with Gasteiger partial charge in [0, 0.05) is 24.7 Å². The number of carbonyl (C=O) groups is 2. The molecule has 0 aliphatic rings. The van der Waals surface area contributed by atoms with E-state index in [0.29, 0.717) is 36.7 Å². The second kappa shape index (κ2) is 11.2. The van der Waals surface area contributed by atoms with Gasteiger partial charge in [0.2, 0.25) is 5.91 Å². The molecule has 0 aliphatic carbocycles. The van der Waals surface area contributed by atoms with Gasteiger partial charge in [-0.1, -0.05) is 32.0 Å². The minimum absolute atomic E-state index is 0.00904. The number of benzene rings is 2. The molecule has 0 aromatic heterocycles. The lowest BCUT2D eigenvalue weighted by molar-refractivity contribution is -0.120. The molecule has 0 unspecified atom stereocenters. The van der Waals surface area contributed by atoms with Gasteiger partial charge >= 0.3 is 0 Å². The third-order valence-electron chi connectivity index (χ3n) is 4.04. The summed E-state index contributed by atoms with van der Waals surface area (Å²) in [5.74, 6) is 0.756. The number of amides is 2. The van der Waals surface area contributed by atoms with Crippen molar-refractivity contribution in [2.75, 3.05) is 19.0 Å². The fraction of sp³-hybridized carbons (Fsp3) is 0.318. The first-order chi connectivity index (χ1) is 13.9. The second-order valence-electron chi connectivity index (χ2n) is 7.01. The molecule has 2 rings (SSSR count). The zero-order valence-corrected chi connectivity index (χ0v) is 17.8. The van der Waals surface area contributed by atoms with Gasteiger partial charge in [-0.2, -0.15) is 0 Å². The minimum Gasteiger partial charge on any atom is -0.493 e. The molecule has 0 aliphatic heterocycles. The van der Waals surface area contributed by atoms with Gasteiger partial charge in [0.25, 0.3) is 5.91 Å². The standard InChI is InChI=1S/C22H27N3O3S/c1-15(2)14-28-19-6-4-5-17(13-19)21(27)25-22(29)24-18-10-7-16(8-11-18)9-12-20(26)23-3/h4-8,10-11,13,15H,9,12,14H2,1-3H3,(H,23,26)(H2,24,25,27,29). The predicted octanol–water partition coefficient (Wildman–Crippen LogP) is 3.53. The first-order valence-corrected chi connectivity index (χ1v) is 9.93. The van der Waals surface area contributed by atoms with Gasteiger partial charge in [-0.15, -0.1) is 0 Å².